The Morgan fingerprint density at radius 2 is 1.09 bits per heavy atom. The zero-order valence-corrected chi connectivity index (χ0v) is 28.9. The van der Waals surface area contributed by atoms with E-state index >= 15 is 0 Å². The van der Waals surface area contributed by atoms with E-state index in [1.165, 1.54) is 0 Å². The van der Waals surface area contributed by atoms with Crippen LogP contribution in [0.5, 0.6) is 11.5 Å². The molecule has 0 spiro atoms. The highest BCUT2D eigenvalue weighted by Crippen LogP contribution is 2.43. The van der Waals surface area contributed by atoms with Gasteiger partial charge in [0.25, 0.3) is 0 Å². The molecule has 0 saturated carbocycles. The van der Waals surface area contributed by atoms with Crippen LogP contribution < -0.4 is 20.1 Å². The summed E-state index contributed by atoms with van der Waals surface area (Å²) in [6.45, 7) is 13.1. The lowest BCUT2D eigenvalue weighted by atomic mass is 9.99. The highest BCUT2D eigenvalue weighted by molar-refractivity contribution is 6.11. The number of hydrogen-bond donors (Lipinski definition) is 2. The molecule has 0 heterocycles. The van der Waals surface area contributed by atoms with Crippen molar-refractivity contribution in [1.82, 2.24) is 10.6 Å². The first-order valence-electron chi connectivity index (χ1n) is 17.2. The minimum Gasteiger partial charge on any atom is -0.488 e. The fraction of sp³-hybridized carbons (Fsp3) is 0.568. The van der Waals surface area contributed by atoms with Gasteiger partial charge in [-0.1, -0.05) is 82.5 Å². The zero-order valence-electron chi connectivity index (χ0n) is 28.9. The molecule has 3 rings (SSSR count). The summed E-state index contributed by atoms with van der Waals surface area (Å²) in [5.74, 6) is 1.33. The average molecular weight is 655 g/mol. The topological polar surface area (TPSA) is 114 Å². The Bertz CT molecular complexity index is 1380. The summed E-state index contributed by atoms with van der Waals surface area (Å²) < 4.78 is 36.1. The van der Waals surface area contributed by atoms with Crippen LogP contribution in [0.3, 0.4) is 0 Å². The van der Waals surface area contributed by atoms with Gasteiger partial charge in [0.2, 0.25) is 0 Å². The number of amides is 2. The van der Waals surface area contributed by atoms with E-state index in [9.17, 15) is 9.59 Å². The average Bonchev–Trinajstić information content (AvgIpc) is 3.07. The van der Waals surface area contributed by atoms with Crippen molar-refractivity contribution in [3.05, 3.63) is 48.0 Å². The van der Waals surface area contributed by atoms with E-state index in [4.69, 9.17) is 28.4 Å². The maximum atomic E-state index is 12.5. The zero-order chi connectivity index (χ0) is 33.9. The molecule has 2 N–H and O–H groups in total. The van der Waals surface area contributed by atoms with Crippen molar-refractivity contribution in [1.29, 1.82) is 0 Å². The lowest BCUT2D eigenvalue weighted by Gasteiger charge is -2.23. The summed E-state index contributed by atoms with van der Waals surface area (Å²) in [4.78, 5) is 24.9. The van der Waals surface area contributed by atoms with Gasteiger partial charge in [-0.05, 0) is 38.7 Å². The summed E-state index contributed by atoms with van der Waals surface area (Å²) >= 11 is 0. The van der Waals surface area contributed by atoms with Crippen molar-refractivity contribution < 1.29 is 38.0 Å². The van der Waals surface area contributed by atoms with Crippen LogP contribution in [0, 0.1) is 6.92 Å². The van der Waals surface area contributed by atoms with Gasteiger partial charge in [-0.25, -0.2) is 9.59 Å². The first kappa shape index (κ1) is 37.7. The summed E-state index contributed by atoms with van der Waals surface area (Å²) in [6.07, 6.45) is 3.27. The van der Waals surface area contributed by atoms with Crippen LogP contribution in [0.2, 0.25) is 0 Å². The summed E-state index contributed by atoms with van der Waals surface area (Å²) in [5.41, 5.74) is 1.05. The molecule has 10 nitrogen and oxygen atoms in total. The number of alkyl carbamates (subject to hydrolysis) is 2. The minimum absolute atomic E-state index is 0.108. The van der Waals surface area contributed by atoms with Gasteiger partial charge in [0.1, 0.15) is 24.7 Å². The molecule has 0 aliphatic rings. The number of carbonyl (C=O) groups is 2. The SMILES string of the molecule is CCCCOCC(COc1c2ccccc2c(OCC(COCCCC)OC(=O)NCCC)c2cc(C)ccc12)OC(=O)NCCC. The first-order valence-corrected chi connectivity index (χ1v) is 17.2. The van der Waals surface area contributed by atoms with Crippen LogP contribution in [0.4, 0.5) is 9.59 Å². The Morgan fingerprint density at radius 1 is 0.617 bits per heavy atom. The van der Waals surface area contributed by atoms with E-state index in [-0.39, 0.29) is 26.4 Å². The quantitative estimate of drug-likeness (QED) is 0.0837. The van der Waals surface area contributed by atoms with Gasteiger partial charge in [0.15, 0.2) is 12.2 Å². The third-order valence-corrected chi connectivity index (χ3v) is 7.39. The van der Waals surface area contributed by atoms with Crippen molar-refractivity contribution in [2.75, 3.05) is 52.7 Å². The Hall–Kier alpha value is -3.76. The number of hydrogen-bond acceptors (Lipinski definition) is 8. The standard InChI is InChI=1S/C37H54N2O8/c1-6-10-20-42-23-28(46-36(40)38-18-8-3)25-44-34-30-14-12-13-15-31(30)35(33-22-27(5)16-17-32(33)34)45-26-29(24-43-21-11-7-2)47-37(41)39-19-9-4/h12-17,22,28-29H,6-11,18-21,23-26H2,1-5H3,(H,38,40)(H,39,41). The molecule has 3 aromatic rings. The van der Waals surface area contributed by atoms with Crippen LogP contribution >= 0.6 is 0 Å². The summed E-state index contributed by atoms with van der Waals surface area (Å²) in [7, 11) is 0. The fourth-order valence-electron chi connectivity index (χ4n) is 4.87. The number of benzene rings is 3. The van der Waals surface area contributed by atoms with E-state index in [0.717, 1.165) is 65.6 Å². The number of unbranched alkanes of at least 4 members (excludes halogenated alkanes) is 2. The molecule has 260 valence electrons. The van der Waals surface area contributed by atoms with Gasteiger partial charge in [-0.15, -0.1) is 0 Å². The van der Waals surface area contributed by atoms with E-state index in [1.54, 1.807) is 0 Å². The van der Waals surface area contributed by atoms with Crippen LogP contribution in [-0.4, -0.2) is 77.1 Å². The third-order valence-electron chi connectivity index (χ3n) is 7.39. The van der Waals surface area contributed by atoms with Crippen molar-refractivity contribution in [3.63, 3.8) is 0 Å². The third kappa shape index (κ3) is 12.4. The summed E-state index contributed by atoms with van der Waals surface area (Å²) in [5, 5.41) is 8.93. The van der Waals surface area contributed by atoms with Crippen LogP contribution in [-0.2, 0) is 18.9 Å². The van der Waals surface area contributed by atoms with E-state index in [2.05, 4.69) is 30.5 Å². The molecule has 2 unspecified atom stereocenters. The monoisotopic (exact) mass is 654 g/mol. The largest absolute Gasteiger partial charge is 0.488 e. The molecule has 2 atom stereocenters. The maximum absolute atomic E-state index is 12.5. The second-order valence-corrected chi connectivity index (χ2v) is 11.6. The molecule has 0 saturated heterocycles. The van der Waals surface area contributed by atoms with Gasteiger partial charge in [-0.2, -0.15) is 0 Å². The van der Waals surface area contributed by atoms with Crippen LogP contribution in [0.15, 0.2) is 42.5 Å². The number of rotatable bonds is 22. The lowest BCUT2D eigenvalue weighted by molar-refractivity contribution is -0.00219. The highest BCUT2D eigenvalue weighted by atomic mass is 16.6. The van der Waals surface area contributed by atoms with E-state index in [1.807, 2.05) is 57.2 Å². The molecule has 0 aliphatic carbocycles. The Kier molecular flexibility index (Phi) is 17.0. The highest BCUT2D eigenvalue weighted by Gasteiger charge is 2.22. The molecular formula is C37H54N2O8. The fourth-order valence-corrected chi connectivity index (χ4v) is 4.87. The molecule has 47 heavy (non-hydrogen) atoms. The second kappa shape index (κ2) is 21.2. The molecule has 0 bridgehead atoms. The van der Waals surface area contributed by atoms with E-state index < -0.39 is 24.4 Å². The summed E-state index contributed by atoms with van der Waals surface area (Å²) in [6, 6.07) is 14.0. The van der Waals surface area contributed by atoms with E-state index in [0.29, 0.717) is 37.8 Å². The van der Waals surface area contributed by atoms with Gasteiger partial charge in [-0.3, -0.25) is 0 Å². The number of carbonyl (C=O) groups excluding carboxylic acids is 2. The Morgan fingerprint density at radius 3 is 1.55 bits per heavy atom. The predicted octanol–water partition coefficient (Wildman–Crippen LogP) is 7.70. The van der Waals surface area contributed by atoms with Crippen molar-refractivity contribution in [2.45, 2.75) is 85.4 Å². The van der Waals surface area contributed by atoms with Crippen LogP contribution in [0.1, 0.15) is 71.8 Å². The van der Waals surface area contributed by atoms with Gasteiger partial charge >= 0.3 is 12.2 Å². The van der Waals surface area contributed by atoms with Crippen molar-refractivity contribution in [3.8, 4) is 11.5 Å². The number of fused-ring (bicyclic) bond motifs is 2. The first-order chi connectivity index (χ1) is 22.9. The van der Waals surface area contributed by atoms with Gasteiger partial charge in [0, 0.05) is 47.8 Å². The predicted molar refractivity (Wildman–Crippen MR) is 186 cm³/mol. The van der Waals surface area contributed by atoms with Crippen molar-refractivity contribution in [2.24, 2.45) is 0 Å². The van der Waals surface area contributed by atoms with Gasteiger partial charge in [0.05, 0.1) is 13.2 Å². The molecular weight excluding hydrogens is 600 g/mol. The minimum atomic E-state index is -0.609. The second-order valence-electron chi connectivity index (χ2n) is 11.6. The molecule has 0 aromatic heterocycles. The normalized spacial score (nSPS) is 12.4. The Labute approximate surface area is 279 Å². The van der Waals surface area contributed by atoms with Gasteiger partial charge < -0.3 is 39.1 Å². The number of aryl methyl sites for hydroxylation is 1. The number of nitrogens with one attached hydrogen (secondary N) is 2. The van der Waals surface area contributed by atoms with Crippen LogP contribution in [0.25, 0.3) is 21.5 Å². The smallest absolute Gasteiger partial charge is 0.407 e. The molecule has 0 radical (unpaired) electrons. The lowest BCUT2D eigenvalue weighted by Crippen LogP contribution is -2.35. The molecule has 3 aromatic carbocycles. The maximum Gasteiger partial charge on any atom is 0.407 e. The van der Waals surface area contributed by atoms with Crippen molar-refractivity contribution >= 4 is 33.7 Å². The molecule has 0 aliphatic heterocycles. The molecule has 0 fully saturated rings. The molecule has 10 heteroatoms. The molecule has 2 amide bonds. The number of ether oxygens (including phenoxy) is 6. The Balaban J connectivity index is 1.92.